The third-order valence-corrected chi connectivity index (χ3v) is 3.21. The van der Waals surface area contributed by atoms with Gasteiger partial charge >= 0.3 is 0 Å². The first-order chi connectivity index (χ1) is 7.11. The minimum absolute atomic E-state index is 0.0247. The highest BCUT2D eigenvalue weighted by Crippen LogP contribution is 2.31. The Morgan fingerprint density at radius 3 is 2.53 bits per heavy atom. The van der Waals surface area contributed by atoms with Crippen molar-refractivity contribution in [3.8, 4) is 0 Å². The fraction of sp³-hybridized carbons (Fsp3) is 0.400. The summed E-state index contributed by atoms with van der Waals surface area (Å²) in [4.78, 5) is 0. The molecule has 0 radical (unpaired) electrons. The summed E-state index contributed by atoms with van der Waals surface area (Å²) in [6, 6.07) is 1.32. The molecule has 1 atom stereocenters. The zero-order chi connectivity index (χ0) is 11.0. The van der Waals surface area contributed by atoms with Crippen LogP contribution in [0.15, 0.2) is 10.5 Å². The van der Waals surface area contributed by atoms with Crippen molar-refractivity contribution in [3.63, 3.8) is 0 Å². The number of hydrogen-bond donors (Lipinski definition) is 1. The van der Waals surface area contributed by atoms with Crippen LogP contribution in [0.1, 0.15) is 17.9 Å². The van der Waals surface area contributed by atoms with Crippen molar-refractivity contribution >= 4 is 15.9 Å². The summed E-state index contributed by atoms with van der Waals surface area (Å²) < 4.78 is 39.5. The van der Waals surface area contributed by atoms with Gasteiger partial charge in [-0.15, -0.1) is 0 Å². The first kappa shape index (κ1) is 11.0. The Morgan fingerprint density at radius 1 is 1.20 bits per heavy atom. The van der Waals surface area contributed by atoms with Crippen LogP contribution in [0.4, 0.5) is 13.2 Å². The van der Waals surface area contributed by atoms with Crippen LogP contribution in [-0.2, 0) is 0 Å². The maximum Gasteiger partial charge on any atom is 0.195 e. The van der Waals surface area contributed by atoms with E-state index in [0.717, 1.165) is 13.0 Å². The van der Waals surface area contributed by atoms with Gasteiger partial charge in [-0.25, -0.2) is 13.2 Å². The second-order valence-corrected chi connectivity index (χ2v) is 4.43. The van der Waals surface area contributed by atoms with Crippen LogP contribution < -0.4 is 5.32 Å². The fourth-order valence-corrected chi connectivity index (χ4v) is 2.23. The van der Waals surface area contributed by atoms with E-state index >= 15 is 0 Å². The Balaban J connectivity index is 2.47. The highest BCUT2D eigenvalue weighted by atomic mass is 79.9. The number of hydrogen-bond acceptors (Lipinski definition) is 1. The molecule has 1 fully saturated rings. The van der Waals surface area contributed by atoms with E-state index in [2.05, 4.69) is 21.2 Å². The monoisotopic (exact) mass is 279 g/mol. The maximum absolute atomic E-state index is 13.4. The van der Waals surface area contributed by atoms with Crippen molar-refractivity contribution in [3.05, 3.63) is 33.6 Å². The molecule has 5 heteroatoms. The molecule has 0 saturated carbocycles. The molecular formula is C10H9BrF3N. The predicted octanol–water partition coefficient (Wildman–Crippen LogP) is 2.94. The van der Waals surface area contributed by atoms with Gasteiger partial charge in [-0.3, -0.25) is 0 Å². The van der Waals surface area contributed by atoms with Gasteiger partial charge in [0.15, 0.2) is 17.5 Å². The maximum atomic E-state index is 13.4. The van der Waals surface area contributed by atoms with Gasteiger partial charge in [0.1, 0.15) is 0 Å². The van der Waals surface area contributed by atoms with E-state index in [-0.39, 0.29) is 16.0 Å². The van der Waals surface area contributed by atoms with Gasteiger partial charge in [-0.2, -0.15) is 0 Å². The molecule has 0 amide bonds. The zero-order valence-electron chi connectivity index (χ0n) is 7.79. The predicted molar refractivity (Wildman–Crippen MR) is 54.2 cm³/mol. The molecule has 0 bridgehead atoms. The first-order valence-electron chi connectivity index (χ1n) is 4.65. The Kier molecular flexibility index (Phi) is 3.02. The average molecular weight is 280 g/mol. The summed E-state index contributed by atoms with van der Waals surface area (Å²) in [6.45, 7) is 1.38. The largest absolute Gasteiger partial charge is 0.316 e. The molecular weight excluding hydrogens is 271 g/mol. The summed E-state index contributed by atoms with van der Waals surface area (Å²) in [5.41, 5.74) is 0.241. The van der Waals surface area contributed by atoms with Crippen molar-refractivity contribution in [2.75, 3.05) is 13.1 Å². The summed E-state index contributed by atoms with van der Waals surface area (Å²) in [5.74, 6) is -3.70. The lowest BCUT2D eigenvalue weighted by molar-refractivity contribution is 0.433. The Hall–Kier alpha value is -0.550. The molecule has 82 valence electrons. The van der Waals surface area contributed by atoms with E-state index in [0.29, 0.717) is 6.54 Å². The quantitative estimate of drug-likeness (QED) is 0.616. The summed E-state index contributed by atoms with van der Waals surface area (Å²) in [5, 5.41) is 3.05. The third-order valence-electron chi connectivity index (χ3n) is 2.63. The minimum atomic E-state index is -1.40. The Bertz CT molecular complexity index is 389. The van der Waals surface area contributed by atoms with Gasteiger partial charge in [0.05, 0.1) is 4.47 Å². The lowest BCUT2D eigenvalue weighted by Crippen LogP contribution is -2.10. The highest BCUT2D eigenvalue weighted by molar-refractivity contribution is 9.10. The SMILES string of the molecule is Fc1c(Br)cc(C2CCNC2)c(F)c1F. The topological polar surface area (TPSA) is 12.0 Å². The van der Waals surface area contributed by atoms with Gasteiger partial charge in [-0.1, -0.05) is 0 Å². The fourth-order valence-electron chi connectivity index (χ4n) is 1.81. The van der Waals surface area contributed by atoms with E-state index in [9.17, 15) is 13.2 Å². The minimum Gasteiger partial charge on any atom is -0.316 e. The zero-order valence-corrected chi connectivity index (χ0v) is 9.37. The molecule has 1 N–H and O–H groups in total. The molecule has 0 aliphatic carbocycles. The molecule has 1 aliphatic rings. The molecule has 1 heterocycles. The van der Waals surface area contributed by atoms with E-state index in [1.54, 1.807) is 0 Å². The van der Waals surface area contributed by atoms with E-state index in [4.69, 9.17) is 0 Å². The molecule has 1 aromatic rings. The molecule has 1 nitrogen and oxygen atoms in total. The Labute approximate surface area is 93.8 Å². The van der Waals surface area contributed by atoms with Crippen molar-refractivity contribution in [1.29, 1.82) is 0 Å². The lowest BCUT2D eigenvalue weighted by Gasteiger charge is -2.11. The summed E-state index contributed by atoms with van der Waals surface area (Å²) >= 11 is 2.88. The van der Waals surface area contributed by atoms with Crippen LogP contribution in [0.2, 0.25) is 0 Å². The molecule has 15 heavy (non-hydrogen) atoms. The number of halogens is 4. The van der Waals surface area contributed by atoms with Crippen molar-refractivity contribution in [1.82, 2.24) is 5.32 Å². The van der Waals surface area contributed by atoms with Crippen molar-refractivity contribution in [2.24, 2.45) is 0 Å². The van der Waals surface area contributed by atoms with E-state index in [1.807, 2.05) is 0 Å². The molecule has 1 unspecified atom stereocenters. The average Bonchev–Trinajstić information content (AvgIpc) is 2.73. The van der Waals surface area contributed by atoms with Crippen LogP contribution in [0.5, 0.6) is 0 Å². The summed E-state index contributed by atoms with van der Waals surface area (Å²) in [6.07, 6.45) is 0.744. The van der Waals surface area contributed by atoms with Crippen LogP contribution in [0, 0.1) is 17.5 Å². The van der Waals surface area contributed by atoms with Crippen molar-refractivity contribution in [2.45, 2.75) is 12.3 Å². The molecule has 1 aromatic carbocycles. The molecule has 2 rings (SSSR count). The normalized spacial score (nSPS) is 20.9. The molecule has 1 saturated heterocycles. The number of benzene rings is 1. The molecule has 1 aliphatic heterocycles. The molecule has 0 aromatic heterocycles. The number of nitrogens with one attached hydrogen (secondary N) is 1. The van der Waals surface area contributed by atoms with E-state index < -0.39 is 17.5 Å². The molecule has 0 spiro atoms. The van der Waals surface area contributed by atoms with Gasteiger partial charge in [0, 0.05) is 12.5 Å². The third kappa shape index (κ3) is 1.90. The van der Waals surface area contributed by atoms with Gasteiger partial charge in [0.25, 0.3) is 0 Å². The van der Waals surface area contributed by atoms with Crippen LogP contribution in [0.25, 0.3) is 0 Å². The first-order valence-corrected chi connectivity index (χ1v) is 5.44. The highest BCUT2D eigenvalue weighted by Gasteiger charge is 2.25. The second kappa shape index (κ2) is 4.14. The standard InChI is InChI=1S/C10H9BrF3N/c11-7-3-6(5-1-2-15-4-5)8(12)10(14)9(7)13/h3,5,15H,1-2,4H2. The second-order valence-electron chi connectivity index (χ2n) is 3.58. The summed E-state index contributed by atoms with van der Waals surface area (Å²) in [7, 11) is 0. The number of rotatable bonds is 1. The van der Waals surface area contributed by atoms with E-state index in [1.165, 1.54) is 6.07 Å². The van der Waals surface area contributed by atoms with Gasteiger partial charge < -0.3 is 5.32 Å². The lowest BCUT2D eigenvalue weighted by atomic mass is 9.97. The van der Waals surface area contributed by atoms with Gasteiger partial charge in [0.2, 0.25) is 0 Å². The smallest absolute Gasteiger partial charge is 0.195 e. The van der Waals surface area contributed by atoms with Crippen LogP contribution in [-0.4, -0.2) is 13.1 Å². The Morgan fingerprint density at radius 2 is 1.93 bits per heavy atom. The van der Waals surface area contributed by atoms with Crippen LogP contribution >= 0.6 is 15.9 Å². The van der Waals surface area contributed by atoms with Crippen molar-refractivity contribution < 1.29 is 13.2 Å². The van der Waals surface area contributed by atoms with Crippen LogP contribution in [0.3, 0.4) is 0 Å². The van der Waals surface area contributed by atoms with Gasteiger partial charge in [-0.05, 0) is 40.5 Å².